The van der Waals surface area contributed by atoms with E-state index >= 15 is 0 Å². The second-order valence-corrected chi connectivity index (χ2v) is 9.29. The number of nitrogens with zero attached hydrogens (tertiary/aromatic N) is 1. The number of aromatic nitrogens is 1. The van der Waals surface area contributed by atoms with Gasteiger partial charge in [-0.1, -0.05) is 62.1 Å². The first kappa shape index (κ1) is 24.5. The summed E-state index contributed by atoms with van der Waals surface area (Å²) in [5.41, 5.74) is 6.21. The minimum absolute atomic E-state index is 0.905. The van der Waals surface area contributed by atoms with E-state index in [9.17, 15) is 0 Å². The lowest BCUT2D eigenvalue weighted by Gasteiger charge is -2.07. The summed E-state index contributed by atoms with van der Waals surface area (Å²) in [7, 11) is 0. The molecule has 0 bridgehead atoms. The summed E-state index contributed by atoms with van der Waals surface area (Å²) in [4.78, 5) is 5.70. The first-order chi connectivity index (χ1) is 16.2. The molecule has 3 nitrogen and oxygen atoms in total. The van der Waals surface area contributed by atoms with Crippen LogP contribution < -0.4 is 10.6 Å². The maximum absolute atomic E-state index is 4.21. The van der Waals surface area contributed by atoms with Crippen LogP contribution in [0.2, 0.25) is 0 Å². The highest BCUT2D eigenvalue weighted by Crippen LogP contribution is 2.35. The molecule has 4 heteroatoms. The van der Waals surface area contributed by atoms with Crippen LogP contribution in [0.4, 0.5) is 5.00 Å². The first-order valence-corrected chi connectivity index (χ1v) is 12.5. The molecule has 1 aromatic carbocycles. The molecule has 2 heterocycles. The monoisotopic (exact) mass is 457 g/mol. The van der Waals surface area contributed by atoms with Crippen LogP contribution in [0.15, 0.2) is 86.0 Å². The third-order valence-corrected chi connectivity index (χ3v) is 6.97. The summed E-state index contributed by atoms with van der Waals surface area (Å²) in [5, 5.41) is 8.00. The zero-order chi connectivity index (χ0) is 23.3. The molecular formula is C29H35N3S. The number of hydrogen-bond acceptors (Lipinski definition) is 4. The molecule has 0 fully saturated rings. The van der Waals surface area contributed by atoms with Crippen LogP contribution in [0, 0.1) is 6.92 Å². The molecule has 172 valence electrons. The average molecular weight is 458 g/mol. The maximum atomic E-state index is 4.21. The molecule has 2 aromatic heterocycles. The Balaban J connectivity index is 1.59. The number of unbranched alkanes of at least 4 members (excludes halogenated alkanes) is 2. The van der Waals surface area contributed by atoms with E-state index in [0.717, 1.165) is 31.5 Å². The maximum Gasteiger partial charge on any atom is 0.0961 e. The summed E-state index contributed by atoms with van der Waals surface area (Å²) in [6, 6.07) is 14.5. The van der Waals surface area contributed by atoms with Crippen LogP contribution in [0.25, 0.3) is 6.08 Å². The SMILES string of the molecule is C=CNCCc1c(CCCCCc2cccnc2)sc(NC(=C)/C=C/c2ccccc2)c1C. The normalized spacial score (nSPS) is 10.9. The van der Waals surface area contributed by atoms with E-state index in [0.29, 0.717) is 0 Å². The van der Waals surface area contributed by atoms with E-state index < -0.39 is 0 Å². The van der Waals surface area contributed by atoms with E-state index in [1.807, 2.05) is 54.1 Å². The molecule has 3 rings (SSSR count). The summed E-state index contributed by atoms with van der Waals surface area (Å²) in [5.74, 6) is 0. The molecule has 0 atom stereocenters. The number of thiophene rings is 1. The highest BCUT2D eigenvalue weighted by atomic mass is 32.1. The molecule has 0 aliphatic heterocycles. The summed E-state index contributed by atoms with van der Waals surface area (Å²) < 4.78 is 0. The van der Waals surface area contributed by atoms with Crippen molar-refractivity contribution in [3.8, 4) is 0 Å². The molecule has 33 heavy (non-hydrogen) atoms. The van der Waals surface area contributed by atoms with Gasteiger partial charge in [-0.3, -0.25) is 4.98 Å². The predicted octanol–water partition coefficient (Wildman–Crippen LogP) is 7.32. The lowest BCUT2D eigenvalue weighted by atomic mass is 10.0. The van der Waals surface area contributed by atoms with Gasteiger partial charge in [-0.05, 0) is 79.6 Å². The Morgan fingerprint density at radius 3 is 2.61 bits per heavy atom. The molecule has 0 saturated carbocycles. The molecule has 0 unspecified atom stereocenters. The van der Waals surface area contributed by atoms with Crippen molar-refractivity contribution < 1.29 is 0 Å². The van der Waals surface area contributed by atoms with Crippen LogP contribution in [-0.2, 0) is 19.3 Å². The number of pyridine rings is 1. The molecule has 0 aliphatic carbocycles. The summed E-state index contributed by atoms with van der Waals surface area (Å²) in [6.07, 6.45) is 16.6. The number of rotatable bonds is 14. The van der Waals surface area contributed by atoms with Crippen molar-refractivity contribution in [1.82, 2.24) is 10.3 Å². The number of benzene rings is 1. The number of allylic oxidation sites excluding steroid dienone is 1. The van der Waals surface area contributed by atoms with Gasteiger partial charge < -0.3 is 10.6 Å². The number of nitrogens with one attached hydrogen (secondary N) is 2. The van der Waals surface area contributed by atoms with Crippen molar-refractivity contribution in [3.05, 3.63) is 113 Å². The van der Waals surface area contributed by atoms with Gasteiger partial charge in [0.25, 0.3) is 0 Å². The minimum Gasteiger partial charge on any atom is -0.391 e. The van der Waals surface area contributed by atoms with Gasteiger partial charge >= 0.3 is 0 Å². The number of aryl methyl sites for hydroxylation is 2. The lowest BCUT2D eigenvalue weighted by Crippen LogP contribution is -2.10. The van der Waals surface area contributed by atoms with Crippen molar-refractivity contribution in [1.29, 1.82) is 0 Å². The van der Waals surface area contributed by atoms with Gasteiger partial charge in [0.1, 0.15) is 0 Å². The third-order valence-electron chi connectivity index (χ3n) is 5.66. The molecule has 0 saturated heterocycles. The largest absolute Gasteiger partial charge is 0.391 e. The van der Waals surface area contributed by atoms with Gasteiger partial charge in [-0.25, -0.2) is 0 Å². The van der Waals surface area contributed by atoms with Gasteiger partial charge in [0.15, 0.2) is 0 Å². The molecule has 0 spiro atoms. The minimum atomic E-state index is 0.905. The van der Waals surface area contributed by atoms with E-state index in [-0.39, 0.29) is 0 Å². The Labute approximate surface area is 203 Å². The fourth-order valence-corrected chi connectivity index (χ4v) is 5.17. The fraction of sp³-hybridized carbons (Fsp3) is 0.276. The van der Waals surface area contributed by atoms with Gasteiger partial charge in [-0.15, -0.1) is 11.3 Å². The lowest BCUT2D eigenvalue weighted by molar-refractivity contribution is 0.678. The molecule has 2 N–H and O–H groups in total. The van der Waals surface area contributed by atoms with Crippen molar-refractivity contribution in [3.63, 3.8) is 0 Å². The van der Waals surface area contributed by atoms with Crippen LogP contribution in [0.3, 0.4) is 0 Å². The predicted molar refractivity (Wildman–Crippen MR) is 145 cm³/mol. The van der Waals surface area contributed by atoms with E-state index in [1.165, 1.54) is 51.4 Å². The van der Waals surface area contributed by atoms with Crippen LogP contribution in [0.1, 0.15) is 46.4 Å². The van der Waals surface area contributed by atoms with Gasteiger partial charge in [0.05, 0.1) is 5.00 Å². The standard InChI is InChI=1S/C29H35N3S/c1-4-30-21-19-27-24(3)29(32-23(2)17-18-25-12-7-5-8-13-25)33-28(27)16-10-6-9-14-26-15-11-20-31-22-26/h4-5,7-8,11-13,15,17-18,20,22,30,32H,1-2,6,9-10,14,16,19,21H2,3H3/b18-17+. The molecule has 0 amide bonds. The molecular weight excluding hydrogens is 422 g/mol. The van der Waals surface area contributed by atoms with E-state index in [1.54, 1.807) is 6.20 Å². The van der Waals surface area contributed by atoms with Crippen molar-refractivity contribution in [2.24, 2.45) is 0 Å². The quantitative estimate of drug-likeness (QED) is 0.197. The Morgan fingerprint density at radius 2 is 1.85 bits per heavy atom. The fourth-order valence-electron chi connectivity index (χ4n) is 3.84. The Bertz CT molecular complexity index is 1040. The molecule has 0 radical (unpaired) electrons. The second kappa shape index (κ2) is 13.4. The Morgan fingerprint density at radius 1 is 1.03 bits per heavy atom. The summed E-state index contributed by atoms with van der Waals surface area (Å²) in [6.45, 7) is 11.1. The average Bonchev–Trinajstić information content (AvgIpc) is 3.13. The van der Waals surface area contributed by atoms with Gasteiger partial charge in [-0.2, -0.15) is 0 Å². The van der Waals surface area contributed by atoms with Crippen LogP contribution in [0.5, 0.6) is 0 Å². The van der Waals surface area contributed by atoms with Crippen LogP contribution in [-0.4, -0.2) is 11.5 Å². The zero-order valence-corrected chi connectivity index (χ0v) is 20.5. The third kappa shape index (κ3) is 8.07. The summed E-state index contributed by atoms with van der Waals surface area (Å²) >= 11 is 1.88. The Hall–Kier alpha value is -3.11. The second-order valence-electron chi connectivity index (χ2n) is 8.18. The van der Waals surface area contributed by atoms with Gasteiger partial charge in [0.2, 0.25) is 0 Å². The van der Waals surface area contributed by atoms with E-state index in [4.69, 9.17) is 0 Å². The molecule has 3 aromatic rings. The van der Waals surface area contributed by atoms with Crippen molar-refractivity contribution in [2.75, 3.05) is 11.9 Å². The number of anilines is 1. The Kier molecular flexibility index (Phi) is 9.99. The van der Waals surface area contributed by atoms with Gasteiger partial charge in [0, 0.05) is 29.5 Å². The van der Waals surface area contributed by atoms with E-state index in [2.05, 4.69) is 60.0 Å². The smallest absolute Gasteiger partial charge is 0.0961 e. The topological polar surface area (TPSA) is 37.0 Å². The highest BCUT2D eigenvalue weighted by Gasteiger charge is 2.15. The van der Waals surface area contributed by atoms with Crippen molar-refractivity contribution >= 4 is 22.4 Å². The first-order valence-electron chi connectivity index (χ1n) is 11.7. The number of hydrogen-bond donors (Lipinski definition) is 2. The molecule has 0 aliphatic rings. The van der Waals surface area contributed by atoms with Crippen molar-refractivity contribution in [2.45, 2.75) is 45.4 Å². The highest BCUT2D eigenvalue weighted by molar-refractivity contribution is 7.16. The van der Waals surface area contributed by atoms with Crippen LogP contribution >= 0.6 is 11.3 Å². The zero-order valence-electron chi connectivity index (χ0n) is 19.6.